The maximum absolute atomic E-state index is 14.0. The lowest BCUT2D eigenvalue weighted by molar-refractivity contribution is -0.166. The van der Waals surface area contributed by atoms with Crippen LogP contribution < -0.4 is 36.2 Å². The number of phenols is 1. The van der Waals surface area contributed by atoms with Gasteiger partial charge >= 0.3 is 12.0 Å². The fourth-order valence-electron chi connectivity index (χ4n) is 8.28. The molecular weight excluding hydrogens is 891 g/mol. The van der Waals surface area contributed by atoms with Crippen molar-refractivity contribution in [1.29, 1.82) is 0 Å². The summed E-state index contributed by atoms with van der Waals surface area (Å²) >= 11 is 0. The van der Waals surface area contributed by atoms with E-state index in [1.165, 1.54) is 24.8 Å². The molecule has 1 aromatic heterocycles. The van der Waals surface area contributed by atoms with Gasteiger partial charge in [0.2, 0.25) is 5.56 Å². The number of anilines is 1. The van der Waals surface area contributed by atoms with Crippen LogP contribution in [0, 0.1) is 0 Å². The number of nitrogens with zero attached hydrogens (tertiary/aromatic N) is 1. The van der Waals surface area contributed by atoms with Crippen LogP contribution in [-0.2, 0) is 41.0 Å². The van der Waals surface area contributed by atoms with Gasteiger partial charge in [0.1, 0.15) is 39.5 Å². The van der Waals surface area contributed by atoms with E-state index in [-0.39, 0.29) is 52.1 Å². The third-order valence-electron chi connectivity index (χ3n) is 12.0. The van der Waals surface area contributed by atoms with Gasteiger partial charge in [-0.15, -0.1) is 0 Å². The Morgan fingerprint density at radius 1 is 0.812 bits per heavy atom. The van der Waals surface area contributed by atoms with Gasteiger partial charge < -0.3 is 50.5 Å². The number of aliphatic hydroxyl groups is 2. The number of aromatic amines is 1. The SMILES string of the molecule is COc1cc(CNC[C@H](O)c2ccc(O)c3[nH]c(=O)ccc23)ccc1NC(=O)NCc1ccc(COc2cccc(C(O)([Si]c3ccccc3)C(=O)OC3CCN(Cc4ccccc4)CC3)c2)cc1. The van der Waals surface area contributed by atoms with Crippen molar-refractivity contribution in [1.82, 2.24) is 20.5 Å². The van der Waals surface area contributed by atoms with E-state index in [4.69, 9.17) is 14.2 Å². The van der Waals surface area contributed by atoms with Crippen LogP contribution in [0.15, 0.2) is 156 Å². The van der Waals surface area contributed by atoms with Crippen LogP contribution in [0.4, 0.5) is 10.5 Å². The summed E-state index contributed by atoms with van der Waals surface area (Å²) in [7, 11) is 1.22. The molecule has 1 aliphatic rings. The third-order valence-corrected chi connectivity index (χ3v) is 13.5. The van der Waals surface area contributed by atoms with Gasteiger partial charge in [0.05, 0.1) is 24.4 Å². The third kappa shape index (κ3) is 12.6. The lowest BCUT2D eigenvalue weighted by Gasteiger charge is -2.34. The Hall–Kier alpha value is -7.27. The monoisotopic (exact) mass is 945 g/mol. The van der Waals surface area contributed by atoms with E-state index in [1.54, 1.807) is 48.5 Å². The number of methoxy groups -OCH3 is 1. The molecule has 2 amide bonds. The molecule has 15 heteroatoms. The van der Waals surface area contributed by atoms with Gasteiger partial charge in [-0.3, -0.25) is 9.69 Å². The van der Waals surface area contributed by atoms with Crippen molar-refractivity contribution in [2.24, 2.45) is 0 Å². The van der Waals surface area contributed by atoms with E-state index >= 15 is 0 Å². The summed E-state index contributed by atoms with van der Waals surface area (Å²) < 4.78 is 17.8. The summed E-state index contributed by atoms with van der Waals surface area (Å²) in [4.78, 5) is 43.7. The van der Waals surface area contributed by atoms with Crippen LogP contribution >= 0.6 is 0 Å². The number of ether oxygens (including phenoxy) is 3. The lowest BCUT2D eigenvalue weighted by atomic mass is 10.0. The zero-order valence-corrected chi connectivity index (χ0v) is 39.2. The number of aromatic nitrogens is 1. The molecule has 8 rings (SSSR count). The molecule has 14 nitrogen and oxygen atoms in total. The number of piperidine rings is 1. The number of H-pyrrole nitrogens is 1. The van der Waals surface area contributed by atoms with E-state index in [0.29, 0.717) is 53.1 Å². The maximum atomic E-state index is 14.0. The highest BCUT2D eigenvalue weighted by Crippen LogP contribution is 2.31. The van der Waals surface area contributed by atoms with Crippen LogP contribution in [0.1, 0.15) is 52.3 Å². The van der Waals surface area contributed by atoms with Gasteiger partial charge in [-0.2, -0.15) is 0 Å². The molecule has 2 heterocycles. The fourth-order valence-corrected chi connectivity index (χ4v) is 9.51. The molecule has 2 atom stereocenters. The molecule has 7 N–H and O–H groups in total. The second-order valence-corrected chi connectivity index (χ2v) is 18.5. The molecule has 1 aliphatic heterocycles. The first-order valence-corrected chi connectivity index (χ1v) is 23.8. The smallest absolute Gasteiger partial charge is 0.339 e. The zero-order valence-electron chi connectivity index (χ0n) is 38.2. The summed E-state index contributed by atoms with van der Waals surface area (Å²) in [5, 5.41) is 41.8. The van der Waals surface area contributed by atoms with Gasteiger partial charge in [0, 0.05) is 50.7 Å². The average Bonchev–Trinajstić information content (AvgIpc) is 3.37. The minimum Gasteiger partial charge on any atom is -0.506 e. The molecule has 1 unspecified atom stereocenters. The Balaban J connectivity index is 0.811. The normalized spacial score (nSPS) is 14.4. The highest BCUT2D eigenvalue weighted by Gasteiger charge is 2.42. The summed E-state index contributed by atoms with van der Waals surface area (Å²) in [6, 6.07) is 45.4. The average molecular weight is 946 g/mol. The number of urea groups is 1. The summed E-state index contributed by atoms with van der Waals surface area (Å²) in [6.07, 6.45) is 0.155. The number of rotatable bonds is 19. The van der Waals surface area contributed by atoms with Crippen LogP contribution in [0.5, 0.6) is 17.2 Å². The molecule has 0 bridgehead atoms. The van der Waals surface area contributed by atoms with E-state index in [9.17, 15) is 29.7 Å². The number of nitrogens with one attached hydrogen (secondary N) is 4. The number of pyridine rings is 1. The first kappa shape index (κ1) is 48.2. The van der Waals surface area contributed by atoms with Crippen molar-refractivity contribution < 1.29 is 39.1 Å². The molecular formula is C54H55N5O9Si. The van der Waals surface area contributed by atoms with Gasteiger partial charge in [-0.1, -0.05) is 114 Å². The van der Waals surface area contributed by atoms with Gasteiger partial charge in [-0.05, 0) is 82.6 Å². The number of benzene rings is 6. The molecule has 0 spiro atoms. The molecule has 1 fully saturated rings. The van der Waals surface area contributed by atoms with Crippen molar-refractivity contribution in [3.8, 4) is 17.2 Å². The Bertz CT molecular complexity index is 2900. The van der Waals surface area contributed by atoms with Crippen molar-refractivity contribution in [3.05, 3.63) is 195 Å². The number of carbonyl (C=O) groups is 2. The van der Waals surface area contributed by atoms with Crippen LogP contribution in [0.2, 0.25) is 0 Å². The van der Waals surface area contributed by atoms with Gasteiger partial charge in [-0.25, -0.2) is 9.59 Å². The Morgan fingerprint density at radius 2 is 1.54 bits per heavy atom. The summed E-state index contributed by atoms with van der Waals surface area (Å²) in [5.41, 5.74) is 5.21. The fraction of sp³-hybridized carbons (Fsp3) is 0.241. The highest BCUT2D eigenvalue weighted by molar-refractivity contribution is 6.60. The van der Waals surface area contributed by atoms with Crippen molar-refractivity contribution in [3.63, 3.8) is 0 Å². The molecule has 7 aromatic rings. The number of fused-ring (bicyclic) bond motifs is 1. The minimum absolute atomic E-state index is 0.0756. The molecule has 2 radical (unpaired) electrons. The standard InChI is InChI=1S/C54H55N5O9Si/c1-66-49-29-39(31-55-33-48(61)44-20-23-47(60)51-45(44)21-24-50(62)58-51)19-22-46(49)57-53(64)56-32-36-15-17-38(18-16-36)35-67-42-12-8-11-40(30-42)54(65,69-43-13-6-3-7-14-43)52(63)68-41-25-27-59(28-26-41)34-37-9-4-2-5-10-37/h2-24,29-30,41,48,55,60-61,65H,25-28,31-35H2,1H3,(H,58,62)(H2,56,57,64)/t48-,54?/m0/s1. The number of likely N-dealkylation sites (tertiary alicyclic amines) is 1. The Kier molecular flexibility index (Phi) is 15.8. The van der Waals surface area contributed by atoms with E-state index in [1.807, 2.05) is 78.9 Å². The zero-order chi connectivity index (χ0) is 48.2. The molecule has 69 heavy (non-hydrogen) atoms. The maximum Gasteiger partial charge on any atom is 0.339 e. The minimum atomic E-state index is -1.92. The molecule has 354 valence electrons. The second kappa shape index (κ2) is 22.7. The lowest BCUT2D eigenvalue weighted by Crippen LogP contribution is -2.49. The van der Waals surface area contributed by atoms with E-state index in [0.717, 1.165) is 41.5 Å². The first-order chi connectivity index (χ1) is 33.5. The number of amides is 2. The molecule has 1 saturated heterocycles. The van der Waals surface area contributed by atoms with E-state index in [2.05, 4.69) is 38.0 Å². The van der Waals surface area contributed by atoms with E-state index < -0.39 is 23.3 Å². The molecule has 0 aliphatic carbocycles. The first-order valence-electron chi connectivity index (χ1n) is 22.8. The number of esters is 1. The predicted octanol–water partition coefficient (Wildman–Crippen LogP) is 6.35. The van der Waals surface area contributed by atoms with Crippen LogP contribution in [0.25, 0.3) is 10.9 Å². The quantitative estimate of drug-likeness (QED) is 0.0353. The van der Waals surface area contributed by atoms with Crippen LogP contribution in [0.3, 0.4) is 0 Å². The van der Waals surface area contributed by atoms with Crippen LogP contribution in [-0.4, -0.2) is 79.6 Å². The van der Waals surface area contributed by atoms with Crippen molar-refractivity contribution in [2.45, 2.75) is 56.5 Å². The summed E-state index contributed by atoms with van der Waals surface area (Å²) in [6.45, 7) is 3.51. The van der Waals surface area contributed by atoms with Crippen molar-refractivity contribution in [2.75, 3.05) is 32.1 Å². The number of aliphatic hydroxyl groups excluding tert-OH is 1. The number of hydrogen-bond donors (Lipinski definition) is 7. The topological polar surface area (TPSA) is 195 Å². The Morgan fingerprint density at radius 3 is 2.29 bits per heavy atom. The number of aromatic hydroxyl groups is 1. The number of phenolic OH excluding ortho intramolecular Hbond substituents is 1. The largest absolute Gasteiger partial charge is 0.506 e. The second-order valence-electron chi connectivity index (χ2n) is 17.0. The number of hydrogen-bond acceptors (Lipinski definition) is 11. The highest BCUT2D eigenvalue weighted by atomic mass is 28.2. The molecule has 0 saturated carbocycles. The summed E-state index contributed by atoms with van der Waals surface area (Å²) in [5.74, 6) is 0.209. The predicted molar refractivity (Wildman–Crippen MR) is 266 cm³/mol. The molecule has 6 aromatic carbocycles. The van der Waals surface area contributed by atoms with Crippen molar-refractivity contribution >= 4 is 43.3 Å². The van der Waals surface area contributed by atoms with Gasteiger partial charge in [0.25, 0.3) is 0 Å². The number of carbonyl (C=O) groups excluding carboxylic acids is 2. The van der Waals surface area contributed by atoms with Gasteiger partial charge in [0.15, 0.2) is 5.22 Å². The Labute approximate surface area is 402 Å².